The molecule has 0 radical (unpaired) electrons. The van der Waals surface area contributed by atoms with Gasteiger partial charge in [0.25, 0.3) is 0 Å². The van der Waals surface area contributed by atoms with Crippen LogP contribution in [0.1, 0.15) is 24.0 Å². The van der Waals surface area contributed by atoms with Gasteiger partial charge in [0.1, 0.15) is 11.6 Å². The number of fused-ring (bicyclic) bond motifs is 1. The van der Waals surface area contributed by atoms with Crippen LogP contribution in [0.4, 0.5) is 5.82 Å². The van der Waals surface area contributed by atoms with Crippen LogP contribution in [0.3, 0.4) is 0 Å². The molecule has 180 valence electrons. The van der Waals surface area contributed by atoms with E-state index in [4.69, 9.17) is 11.4 Å². The fourth-order valence-electron chi connectivity index (χ4n) is 4.56. The van der Waals surface area contributed by atoms with E-state index in [1.54, 1.807) is 0 Å². The SMILES string of the molecule is C#CCCC(=O)Cc1ccc(-c2ccc3ncc(N4CCN(Cc5cccnc5)CC4)nc3c2)cc1. The molecule has 6 heteroatoms. The first-order valence-corrected chi connectivity index (χ1v) is 12.4. The van der Waals surface area contributed by atoms with Gasteiger partial charge >= 0.3 is 0 Å². The number of piperazine rings is 1. The van der Waals surface area contributed by atoms with Crippen LogP contribution in [-0.4, -0.2) is 51.8 Å². The molecule has 1 saturated heterocycles. The van der Waals surface area contributed by atoms with Gasteiger partial charge in [-0.1, -0.05) is 36.4 Å². The molecule has 1 aliphatic rings. The van der Waals surface area contributed by atoms with E-state index >= 15 is 0 Å². The molecule has 0 N–H and O–H groups in total. The van der Waals surface area contributed by atoms with Crippen LogP contribution in [0.15, 0.2) is 73.2 Å². The average molecular weight is 476 g/mol. The van der Waals surface area contributed by atoms with E-state index in [1.165, 1.54) is 5.56 Å². The van der Waals surface area contributed by atoms with E-state index in [9.17, 15) is 4.79 Å². The molecule has 0 spiro atoms. The van der Waals surface area contributed by atoms with Crippen LogP contribution in [0.25, 0.3) is 22.2 Å². The number of aromatic nitrogens is 3. The van der Waals surface area contributed by atoms with E-state index < -0.39 is 0 Å². The summed E-state index contributed by atoms with van der Waals surface area (Å²) in [4.78, 5) is 30.6. The Morgan fingerprint density at radius 3 is 2.47 bits per heavy atom. The second kappa shape index (κ2) is 11.1. The average Bonchev–Trinajstić information content (AvgIpc) is 2.93. The van der Waals surface area contributed by atoms with Crippen molar-refractivity contribution in [3.63, 3.8) is 0 Å². The van der Waals surface area contributed by atoms with Crippen molar-refractivity contribution in [2.24, 2.45) is 0 Å². The van der Waals surface area contributed by atoms with Crippen LogP contribution < -0.4 is 4.90 Å². The molecule has 2 aromatic carbocycles. The van der Waals surface area contributed by atoms with Gasteiger partial charge in [-0.3, -0.25) is 19.7 Å². The molecule has 0 atom stereocenters. The second-order valence-electron chi connectivity index (χ2n) is 9.17. The number of Topliss-reactive ketones (excluding diaryl/α,β-unsaturated/α-hetero) is 1. The van der Waals surface area contributed by atoms with E-state index in [2.05, 4.69) is 56.0 Å². The minimum Gasteiger partial charge on any atom is -0.353 e. The monoisotopic (exact) mass is 475 g/mol. The predicted octanol–water partition coefficient (Wildman–Crippen LogP) is 4.54. The van der Waals surface area contributed by atoms with Gasteiger partial charge in [-0.15, -0.1) is 12.3 Å². The fraction of sp³-hybridized carbons (Fsp3) is 0.267. The molecule has 0 unspecified atom stereocenters. The van der Waals surface area contributed by atoms with Crippen molar-refractivity contribution in [1.82, 2.24) is 19.9 Å². The maximum Gasteiger partial charge on any atom is 0.147 e. The number of anilines is 1. The molecular weight excluding hydrogens is 446 g/mol. The quantitative estimate of drug-likeness (QED) is 0.349. The van der Waals surface area contributed by atoms with Crippen LogP contribution in [0, 0.1) is 12.3 Å². The van der Waals surface area contributed by atoms with Gasteiger partial charge in [0.15, 0.2) is 0 Å². The highest BCUT2D eigenvalue weighted by molar-refractivity contribution is 5.83. The number of terminal acetylenes is 1. The van der Waals surface area contributed by atoms with Crippen molar-refractivity contribution in [3.8, 4) is 23.5 Å². The molecule has 36 heavy (non-hydrogen) atoms. The summed E-state index contributed by atoms with van der Waals surface area (Å²) in [5.41, 5.74) is 6.19. The predicted molar refractivity (Wildman–Crippen MR) is 143 cm³/mol. The highest BCUT2D eigenvalue weighted by atomic mass is 16.1. The lowest BCUT2D eigenvalue weighted by atomic mass is 10.0. The summed E-state index contributed by atoms with van der Waals surface area (Å²) in [5, 5.41) is 0. The van der Waals surface area contributed by atoms with Gasteiger partial charge in [-0.25, -0.2) is 4.98 Å². The Balaban J connectivity index is 1.25. The first-order chi connectivity index (χ1) is 17.7. The zero-order valence-electron chi connectivity index (χ0n) is 20.3. The standard InChI is InChI=1S/C30H29N5O/c1-2-3-6-27(36)18-23-7-9-25(10-8-23)26-11-12-28-29(19-26)33-30(21-32-28)35-16-14-34(15-17-35)22-24-5-4-13-31-20-24/h1,4-5,7-13,19-21H,3,6,14-18,22H2. The van der Waals surface area contributed by atoms with E-state index in [0.29, 0.717) is 19.3 Å². The number of ketones is 1. The van der Waals surface area contributed by atoms with Crippen molar-refractivity contribution in [1.29, 1.82) is 0 Å². The summed E-state index contributed by atoms with van der Waals surface area (Å²) >= 11 is 0. The lowest BCUT2D eigenvalue weighted by Gasteiger charge is -2.35. The Labute approximate surface area is 212 Å². The summed E-state index contributed by atoms with van der Waals surface area (Å²) in [5.74, 6) is 3.62. The lowest BCUT2D eigenvalue weighted by Crippen LogP contribution is -2.46. The molecule has 0 saturated carbocycles. The molecule has 0 aliphatic carbocycles. The molecule has 3 heterocycles. The Bertz CT molecular complexity index is 1370. The summed E-state index contributed by atoms with van der Waals surface area (Å²) in [6.07, 6.45) is 12.2. The molecular formula is C30H29N5O. The highest BCUT2D eigenvalue weighted by Gasteiger charge is 2.19. The number of rotatable bonds is 8. The topological polar surface area (TPSA) is 62.2 Å². The largest absolute Gasteiger partial charge is 0.353 e. The first-order valence-electron chi connectivity index (χ1n) is 12.4. The third-order valence-corrected chi connectivity index (χ3v) is 6.59. The molecule has 6 nitrogen and oxygen atoms in total. The van der Waals surface area contributed by atoms with Gasteiger partial charge in [0.05, 0.1) is 17.2 Å². The minimum atomic E-state index is 0.173. The Hall–Kier alpha value is -4.08. The maximum absolute atomic E-state index is 12.0. The van der Waals surface area contributed by atoms with Crippen molar-refractivity contribution in [2.75, 3.05) is 31.1 Å². The smallest absolute Gasteiger partial charge is 0.147 e. The van der Waals surface area contributed by atoms with Crippen molar-refractivity contribution < 1.29 is 4.79 Å². The maximum atomic E-state index is 12.0. The van der Waals surface area contributed by atoms with Crippen LogP contribution in [-0.2, 0) is 17.8 Å². The van der Waals surface area contributed by atoms with Crippen LogP contribution in [0.5, 0.6) is 0 Å². The van der Waals surface area contributed by atoms with Crippen LogP contribution >= 0.6 is 0 Å². The zero-order chi connectivity index (χ0) is 24.7. The molecule has 2 aromatic heterocycles. The number of carbonyl (C=O) groups is 1. The van der Waals surface area contributed by atoms with Gasteiger partial charge in [-0.05, 0) is 40.5 Å². The van der Waals surface area contributed by atoms with E-state index in [0.717, 1.165) is 66.3 Å². The third-order valence-electron chi connectivity index (χ3n) is 6.59. The number of benzene rings is 2. The molecule has 0 bridgehead atoms. The summed E-state index contributed by atoms with van der Waals surface area (Å²) in [6, 6.07) is 18.4. The minimum absolute atomic E-state index is 0.173. The molecule has 4 aromatic rings. The fourth-order valence-corrected chi connectivity index (χ4v) is 4.56. The first kappa shape index (κ1) is 23.7. The Morgan fingerprint density at radius 1 is 0.917 bits per heavy atom. The van der Waals surface area contributed by atoms with Crippen molar-refractivity contribution in [2.45, 2.75) is 25.8 Å². The zero-order valence-corrected chi connectivity index (χ0v) is 20.3. The number of nitrogens with zero attached hydrogens (tertiary/aromatic N) is 5. The number of hydrogen-bond acceptors (Lipinski definition) is 6. The number of hydrogen-bond donors (Lipinski definition) is 0. The molecule has 5 rings (SSSR count). The Kier molecular flexibility index (Phi) is 7.30. The van der Waals surface area contributed by atoms with Crippen molar-refractivity contribution >= 4 is 22.6 Å². The summed E-state index contributed by atoms with van der Waals surface area (Å²) in [7, 11) is 0. The molecule has 1 aliphatic heterocycles. The van der Waals surface area contributed by atoms with Crippen LogP contribution in [0.2, 0.25) is 0 Å². The second-order valence-corrected chi connectivity index (χ2v) is 9.17. The van der Waals surface area contributed by atoms with Gasteiger partial charge < -0.3 is 4.90 Å². The highest BCUT2D eigenvalue weighted by Crippen LogP contribution is 2.25. The molecule has 1 fully saturated rings. The van der Waals surface area contributed by atoms with Crippen molar-refractivity contribution in [3.05, 3.63) is 84.3 Å². The normalized spacial score (nSPS) is 14.0. The Morgan fingerprint density at radius 2 is 1.72 bits per heavy atom. The van der Waals surface area contributed by atoms with E-state index in [-0.39, 0.29) is 5.78 Å². The van der Waals surface area contributed by atoms with E-state index in [1.807, 2.05) is 42.9 Å². The lowest BCUT2D eigenvalue weighted by molar-refractivity contribution is -0.118. The summed E-state index contributed by atoms with van der Waals surface area (Å²) < 4.78 is 0. The third kappa shape index (κ3) is 5.76. The van der Waals surface area contributed by atoms with Gasteiger partial charge in [0, 0.05) is 64.4 Å². The summed E-state index contributed by atoms with van der Waals surface area (Å²) in [6.45, 7) is 4.72. The number of carbonyl (C=O) groups excluding carboxylic acids is 1. The van der Waals surface area contributed by atoms with Gasteiger partial charge in [-0.2, -0.15) is 0 Å². The molecule has 0 amide bonds. The van der Waals surface area contributed by atoms with Gasteiger partial charge in [0.2, 0.25) is 0 Å². The number of pyridine rings is 1.